The molecule has 1 fully saturated rings. The second-order valence-electron chi connectivity index (χ2n) is 7.73. The number of carbonyl (C=O) groups is 1. The van der Waals surface area contributed by atoms with E-state index in [-0.39, 0.29) is 12.1 Å². The average Bonchev–Trinajstić information content (AvgIpc) is 2.91. The molecule has 1 saturated heterocycles. The minimum atomic E-state index is -0.597. The van der Waals surface area contributed by atoms with E-state index < -0.39 is 11.4 Å². The molecule has 0 amide bonds. The SMILES string of the molecule is CCCCCCCCC[C@@]1([C@H]2COC(C)(C)O2)CC=C(C)C(=O)O1. The summed E-state index contributed by atoms with van der Waals surface area (Å²) in [5.74, 6) is -0.807. The van der Waals surface area contributed by atoms with Gasteiger partial charge in [0.05, 0.1) is 6.61 Å². The van der Waals surface area contributed by atoms with Crippen LogP contribution in [0.3, 0.4) is 0 Å². The highest BCUT2D eigenvalue weighted by atomic mass is 16.8. The first-order valence-electron chi connectivity index (χ1n) is 9.60. The largest absolute Gasteiger partial charge is 0.453 e. The smallest absolute Gasteiger partial charge is 0.334 e. The Kier molecular flexibility index (Phi) is 6.88. The lowest BCUT2D eigenvalue weighted by molar-refractivity contribution is -0.194. The highest BCUT2D eigenvalue weighted by Crippen LogP contribution is 2.39. The number of hydrogen-bond acceptors (Lipinski definition) is 4. The third-order valence-electron chi connectivity index (χ3n) is 5.17. The molecule has 2 atom stereocenters. The van der Waals surface area contributed by atoms with Gasteiger partial charge in [0.15, 0.2) is 5.79 Å². The minimum Gasteiger partial charge on any atom is -0.453 e. The van der Waals surface area contributed by atoms with Crippen LogP contribution in [0.5, 0.6) is 0 Å². The molecule has 0 aromatic rings. The third kappa shape index (κ3) is 5.06. The van der Waals surface area contributed by atoms with Crippen molar-refractivity contribution in [2.24, 2.45) is 0 Å². The van der Waals surface area contributed by atoms with Crippen LogP contribution in [-0.4, -0.2) is 30.1 Å². The fourth-order valence-corrected chi connectivity index (χ4v) is 3.55. The molecular formula is C20H34O4. The van der Waals surface area contributed by atoms with Crippen LogP contribution in [0.15, 0.2) is 11.6 Å². The number of cyclic esters (lactones) is 1. The lowest BCUT2D eigenvalue weighted by Crippen LogP contribution is -2.50. The predicted octanol–water partition coefficient (Wildman–Crippen LogP) is 4.91. The second kappa shape index (κ2) is 8.48. The zero-order chi connectivity index (χ0) is 17.6. The van der Waals surface area contributed by atoms with E-state index in [4.69, 9.17) is 14.2 Å². The summed E-state index contributed by atoms with van der Waals surface area (Å²) in [6.45, 7) is 8.38. The summed E-state index contributed by atoms with van der Waals surface area (Å²) in [4.78, 5) is 12.1. The molecule has 4 heteroatoms. The van der Waals surface area contributed by atoms with E-state index in [9.17, 15) is 4.79 Å². The van der Waals surface area contributed by atoms with Crippen molar-refractivity contribution in [2.45, 2.75) is 103 Å². The van der Waals surface area contributed by atoms with Crippen molar-refractivity contribution in [1.29, 1.82) is 0 Å². The number of ether oxygens (including phenoxy) is 3. The predicted molar refractivity (Wildman–Crippen MR) is 94.7 cm³/mol. The molecule has 2 aliphatic heterocycles. The topological polar surface area (TPSA) is 44.8 Å². The van der Waals surface area contributed by atoms with E-state index in [1.165, 1.54) is 38.5 Å². The Morgan fingerprint density at radius 1 is 1.12 bits per heavy atom. The molecule has 24 heavy (non-hydrogen) atoms. The van der Waals surface area contributed by atoms with Crippen LogP contribution in [0.25, 0.3) is 0 Å². The van der Waals surface area contributed by atoms with Crippen LogP contribution in [0.4, 0.5) is 0 Å². The molecule has 138 valence electrons. The van der Waals surface area contributed by atoms with E-state index in [2.05, 4.69) is 6.92 Å². The molecule has 0 aromatic carbocycles. The molecule has 0 aromatic heterocycles. The summed E-state index contributed by atoms with van der Waals surface area (Å²) in [7, 11) is 0. The van der Waals surface area contributed by atoms with Crippen molar-refractivity contribution in [3.05, 3.63) is 11.6 Å². The van der Waals surface area contributed by atoms with Crippen LogP contribution < -0.4 is 0 Å². The van der Waals surface area contributed by atoms with E-state index in [1.807, 2.05) is 26.8 Å². The Balaban J connectivity index is 1.91. The Morgan fingerprint density at radius 3 is 2.38 bits per heavy atom. The van der Waals surface area contributed by atoms with Crippen LogP contribution in [0.2, 0.25) is 0 Å². The summed E-state index contributed by atoms with van der Waals surface area (Å²) in [6, 6.07) is 0. The van der Waals surface area contributed by atoms with Crippen LogP contribution >= 0.6 is 0 Å². The summed E-state index contributed by atoms with van der Waals surface area (Å²) < 4.78 is 17.7. The number of carbonyl (C=O) groups excluding carboxylic acids is 1. The molecule has 0 aliphatic carbocycles. The van der Waals surface area contributed by atoms with Crippen molar-refractivity contribution in [3.8, 4) is 0 Å². The van der Waals surface area contributed by atoms with Gasteiger partial charge in [-0.05, 0) is 33.6 Å². The lowest BCUT2D eigenvalue weighted by Gasteiger charge is -2.39. The molecular weight excluding hydrogens is 304 g/mol. The highest BCUT2D eigenvalue weighted by Gasteiger charge is 2.50. The maximum absolute atomic E-state index is 12.1. The molecule has 0 bridgehead atoms. The van der Waals surface area contributed by atoms with Crippen molar-refractivity contribution in [1.82, 2.24) is 0 Å². The monoisotopic (exact) mass is 338 g/mol. The van der Waals surface area contributed by atoms with Crippen molar-refractivity contribution >= 4 is 5.97 Å². The summed E-state index contributed by atoms with van der Waals surface area (Å²) in [5, 5.41) is 0. The van der Waals surface area contributed by atoms with Gasteiger partial charge in [0.1, 0.15) is 11.7 Å². The zero-order valence-corrected chi connectivity index (χ0v) is 15.9. The number of unbranched alkanes of at least 4 members (excludes halogenated alkanes) is 6. The fourth-order valence-electron chi connectivity index (χ4n) is 3.55. The maximum Gasteiger partial charge on any atom is 0.334 e. The van der Waals surface area contributed by atoms with Gasteiger partial charge in [-0.15, -0.1) is 0 Å². The van der Waals surface area contributed by atoms with Gasteiger partial charge in [0, 0.05) is 12.0 Å². The molecule has 2 aliphatic rings. The number of esters is 1. The molecule has 0 saturated carbocycles. The fraction of sp³-hybridized carbons (Fsp3) is 0.850. The van der Waals surface area contributed by atoms with E-state index in [1.54, 1.807) is 0 Å². The minimum absolute atomic E-state index is 0.180. The Bertz CT molecular complexity index is 455. The first kappa shape index (κ1) is 19.5. The van der Waals surface area contributed by atoms with Gasteiger partial charge >= 0.3 is 5.97 Å². The van der Waals surface area contributed by atoms with E-state index >= 15 is 0 Å². The van der Waals surface area contributed by atoms with Crippen LogP contribution in [0, 0.1) is 0 Å². The molecule has 0 radical (unpaired) electrons. The molecule has 0 N–H and O–H groups in total. The Hall–Kier alpha value is -0.870. The first-order valence-corrected chi connectivity index (χ1v) is 9.60. The second-order valence-corrected chi connectivity index (χ2v) is 7.73. The standard InChI is InChI=1S/C20H34O4/c1-5-6-7-8-9-10-11-13-20(14-12-16(2)18(21)24-20)17-15-22-19(3,4)23-17/h12,17H,5-11,13-15H2,1-4H3/t17-,20+/m1/s1. The van der Waals surface area contributed by atoms with Gasteiger partial charge in [-0.25, -0.2) is 4.79 Å². The van der Waals surface area contributed by atoms with Crippen LogP contribution in [-0.2, 0) is 19.0 Å². The summed E-state index contributed by atoms with van der Waals surface area (Å²) in [5.41, 5.74) is 0.136. The van der Waals surface area contributed by atoms with E-state index in [0.29, 0.717) is 12.2 Å². The van der Waals surface area contributed by atoms with Gasteiger partial charge in [-0.2, -0.15) is 0 Å². The third-order valence-corrected chi connectivity index (χ3v) is 5.17. The summed E-state index contributed by atoms with van der Waals surface area (Å²) >= 11 is 0. The number of rotatable bonds is 9. The normalized spacial score (nSPS) is 29.4. The zero-order valence-electron chi connectivity index (χ0n) is 15.9. The van der Waals surface area contributed by atoms with Crippen molar-refractivity contribution < 1.29 is 19.0 Å². The van der Waals surface area contributed by atoms with E-state index in [0.717, 1.165) is 19.3 Å². The Morgan fingerprint density at radius 2 is 1.79 bits per heavy atom. The van der Waals surface area contributed by atoms with Gasteiger partial charge < -0.3 is 14.2 Å². The van der Waals surface area contributed by atoms with Crippen molar-refractivity contribution in [3.63, 3.8) is 0 Å². The lowest BCUT2D eigenvalue weighted by atomic mass is 9.84. The molecule has 0 spiro atoms. The quantitative estimate of drug-likeness (QED) is 0.442. The molecule has 2 rings (SSSR count). The summed E-state index contributed by atoms with van der Waals surface area (Å²) in [6.07, 6.45) is 12.1. The van der Waals surface area contributed by atoms with Gasteiger partial charge in [-0.1, -0.05) is 51.5 Å². The van der Waals surface area contributed by atoms with Crippen molar-refractivity contribution in [2.75, 3.05) is 6.61 Å². The van der Waals surface area contributed by atoms with Gasteiger partial charge in [0.2, 0.25) is 0 Å². The first-order chi connectivity index (χ1) is 11.4. The number of hydrogen-bond donors (Lipinski definition) is 0. The Labute approximate surface area is 146 Å². The molecule has 0 unspecified atom stereocenters. The average molecular weight is 338 g/mol. The van der Waals surface area contributed by atoms with Gasteiger partial charge in [-0.3, -0.25) is 0 Å². The highest BCUT2D eigenvalue weighted by molar-refractivity contribution is 5.89. The maximum atomic E-state index is 12.1. The molecule has 4 nitrogen and oxygen atoms in total. The van der Waals surface area contributed by atoms with Gasteiger partial charge in [0.25, 0.3) is 0 Å². The molecule has 2 heterocycles. The van der Waals surface area contributed by atoms with Crippen LogP contribution in [0.1, 0.15) is 85.5 Å².